The molecule has 2 aromatic heterocycles. The molecular weight excluding hydrogens is 414 g/mol. The van der Waals surface area contributed by atoms with Crippen LogP contribution in [0.1, 0.15) is 45.8 Å². The van der Waals surface area contributed by atoms with Crippen LogP contribution >= 0.6 is 0 Å². The maximum absolute atomic E-state index is 12.2. The third-order valence-corrected chi connectivity index (χ3v) is 6.31. The summed E-state index contributed by atoms with van der Waals surface area (Å²) in [5.74, 6) is -1.19. The largest absolute Gasteiger partial charge is 0.390 e. The number of anilines is 1. The Morgan fingerprint density at radius 2 is 2.20 bits per heavy atom. The number of hydrogen-bond donors (Lipinski definition) is 2. The number of imidazole rings is 1. The molecule has 0 unspecified atom stereocenters. The van der Waals surface area contributed by atoms with Crippen molar-refractivity contribution in [1.29, 1.82) is 0 Å². The maximum Gasteiger partial charge on any atom is 0.274 e. The number of ketones is 1. The minimum atomic E-state index is -4.07. The van der Waals surface area contributed by atoms with Crippen LogP contribution in [0.5, 0.6) is 0 Å². The number of carbonyl (C=O) groups excluding carboxylic acids is 1. The van der Waals surface area contributed by atoms with E-state index in [0.717, 1.165) is 12.8 Å². The fourth-order valence-electron chi connectivity index (χ4n) is 3.32. The number of Topliss-reactive ketones (excluding diaryl/α,β-unsaturated/α-hetero) is 1. The van der Waals surface area contributed by atoms with Crippen LogP contribution in [0.4, 0.5) is 5.82 Å². The SMILES string of the molecule is CCCC[C@H](C)C(=O)CS(=O)(=O)OC[C@H]1O[C@@H](n2cnc3c(N)ncnc32)C[C@H]1O. The Kier molecular flexibility index (Phi) is 7.01. The van der Waals surface area contributed by atoms with Crippen molar-refractivity contribution in [3.05, 3.63) is 12.7 Å². The van der Waals surface area contributed by atoms with Crippen molar-refractivity contribution in [1.82, 2.24) is 19.5 Å². The fraction of sp³-hybridized carbons (Fsp3) is 0.667. The van der Waals surface area contributed by atoms with Gasteiger partial charge in [0.15, 0.2) is 17.2 Å². The van der Waals surface area contributed by atoms with Gasteiger partial charge in [0.25, 0.3) is 10.1 Å². The molecular formula is C18H27N5O6S. The van der Waals surface area contributed by atoms with Gasteiger partial charge in [0.2, 0.25) is 0 Å². The summed E-state index contributed by atoms with van der Waals surface area (Å²) in [6, 6.07) is 0. The molecule has 11 nitrogen and oxygen atoms in total. The van der Waals surface area contributed by atoms with Crippen LogP contribution in [0.3, 0.4) is 0 Å². The van der Waals surface area contributed by atoms with Crippen LogP contribution < -0.4 is 5.73 Å². The van der Waals surface area contributed by atoms with E-state index in [-0.39, 0.29) is 30.5 Å². The standard InChI is InChI=1S/C18H27N5O6S/c1-3-4-5-11(2)13(25)8-30(26,27)28-7-14-12(24)6-15(29-14)23-10-22-16-17(19)20-9-21-18(16)23/h9-12,14-15,24H,3-8H2,1-2H3,(H2,19,20,21)/t11-,12+,14+,15+/m0/s1. The molecule has 1 aliphatic rings. The highest BCUT2D eigenvalue weighted by molar-refractivity contribution is 7.87. The number of aliphatic hydroxyl groups excluding tert-OH is 1. The number of aromatic nitrogens is 4. The Morgan fingerprint density at radius 3 is 2.93 bits per heavy atom. The predicted octanol–water partition coefficient (Wildman–Crippen LogP) is 0.799. The van der Waals surface area contributed by atoms with Crippen molar-refractivity contribution in [3.63, 3.8) is 0 Å². The highest BCUT2D eigenvalue weighted by atomic mass is 32.2. The van der Waals surface area contributed by atoms with Gasteiger partial charge in [-0.3, -0.25) is 13.5 Å². The van der Waals surface area contributed by atoms with Gasteiger partial charge in [0.05, 0.1) is 19.0 Å². The molecule has 0 amide bonds. The van der Waals surface area contributed by atoms with Crippen LogP contribution in [0, 0.1) is 5.92 Å². The van der Waals surface area contributed by atoms with Gasteiger partial charge in [0, 0.05) is 12.3 Å². The van der Waals surface area contributed by atoms with Crippen molar-refractivity contribution in [2.75, 3.05) is 18.1 Å². The summed E-state index contributed by atoms with van der Waals surface area (Å²) in [7, 11) is -4.07. The predicted molar refractivity (Wildman–Crippen MR) is 108 cm³/mol. The lowest BCUT2D eigenvalue weighted by Gasteiger charge is -2.16. The van der Waals surface area contributed by atoms with Gasteiger partial charge < -0.3 is 15.6 Å². The molecule has 4 atom stereocenters. The monoisotopic (exact) mass is 441 g/mol. The first-order chi connectivity index (χ1) is 14.2. The van der Waals surface area contributed by atoms with Gasteiger partial charge in [-0.15, -0.1) is 0 Å². The van der Waals surface area contributed by atoms with E-state index in [1.165, 1.54) is 12.7 Å². The number of nitrogens with zero attached hydrogens (tertiary/aromatic N) is 4. The van der Waals surface area contributed by atoms with Crippen LogP contribution in [0.15, 0.2) is 12.7 Å². The Labute approximate surface area is 174 Å². The lowest BCUT2D eigenvalue weighted by Crippen LogP contribution is -2.30. The van der Waals surface area contributed by atoms with Crippen LogP contribution in [0.2, 0.25) is 0 Å². The van der Waals surface area contributed by atoms with Crippen molar-refractivity contribution < 1.29 is 27.2 Å². The number of carbonyl (C=O) groups is 1. The van der Waals surface area contributed by atoms with Crippen molar-refractivity contribution in [2.24, 2.45) is 5.92 Å². The zero-order chi connectivity index (χ0) is 21.9. The molecule has 0 spiro atoms. The molecule has 0 saturated carbocycles. The summed E-state index contributed by atoms with van der Waals surface area (Å²) in [6.45, 7) is 3.33. The van der Waals surface area contributed by atoms with E-state index in [9.17, 15) is 18.3 Å². The Hall–Kier alpha value is -2.15. The second kappa shape index (κ2) is 9.33. The van der Waals surface area contributed by atoms with E-state index in [1.807, 2.05) is 6.92 Å². The van der Waals surface area contributed by atoms with Gasteiger partial charge in [-0.05, 0) is 6.42 Å². The zero-order valence-electron chi connectivity index (χ0n) is 17.0. The first kappa shape index (κ1) is 22.5. The van der Waals surface area contributed by atoms with E-state index >= 15 is 0 Å². The molecule has 3 heterocycles. The van der Waals surface area contributed by atoms with E-state index in [0.29, 0.717) is 17.6 Å². The number of ether oxygens (including phenoxy) is 1. The van der Waals surface area contributed by atoms with Gasteiger partial charge in [-0.2, -0.15) is 8.42 Å². The molecule has 0 bridgehead atoms. The third-order valence-electron chi connectivity index (χ3n) is 5.17. The zero-order valence-corrected chi connectivity index (χ0v) is 17.8. The summed E-state index contributed by atoms with van der Waals surface area (Å²) in [5, 5.41) is 10.3. The first-order valence-corrected chi connectivity index (χ1v) is 11.5. The molecule has 0 radical (unpaired) electrons. The molecule has 3 rings (SSSR count). The number of fused-ring (bicyclic) bond motifs is 1. The molecule has 1 fully saturated rings. The Balaban J connectivity index is 1.58. The molecule has 0 aliphatic carbocycles. The third kappa shape index (κ3) is 5.12. The van der Waals surface area contributed by atoms with E-state index < -0.39 is 34.3 Å². The van der Waals surface area contributed by atoms with Crippen LogP contribution in [0.25, 0.3) is 11.2 Å². The average molecular weight is 442 g/mol. The fourth-order valence-corrected chi connectivity index (χ4v) is 4.37. The number of rotatable bonds is 10. The number of unbranched alkanes of at least 4 members (excludes halogenated alkanes) is 1. The smallest absolute Gasteiger partial charge is 0.274 e. The highest BCUT2D eigenvalue weighted by Gasteiger charge is 2.37. The number of nitrogen functional groups attached to an aromatic ring is 1. The van der Waals surface area contributed by atoms with Gasteiger partial charge in [-0.25, -0.2) is 15.0 Å². The molecule has 1 aliphatic heterocycles. The molecule has 30 heavy (non-hydrogen) atoms. The second-order valence-electron chi connectivity index (χ2n) is 7.51. The highest BCUT2D eigenvalue weighted by Crippen LogP contribution is 2.31. The van der Waals surface area contributed by atoms with Gasteiger partial charge in [-0.1, -0.05) is 26.7 Å². The van der Waals surface area contributed by atoms with E-state index in [1.54, 1.807) is 11.5 Å². The minimum absolute atomic E-state index is 0.191. The molecule has 3 N–H and O–H groups in total. The van der Waals surface area contributed by atoms with Crippen molar-refractivity contribution in [3.8, 4) is 0 Å². The van der Waals surface area contributed by atoms with Crippen molar-refractivity contribution in [2.45, 2.75) is 58.0 Å². The summed E-state index contributed by atoms with van der Waals surface area (Å²) < 4.78 is 36.7. The topological polar surface area (TPSA) is 160 Å². The maximum atomic E-state index is 12.2. The molecule has 1 saturated heterocycles. The quantitative estimate of drug-likeness (QED) is 0.505. The van der Waals surface area contributed by atoms with Gasteiger partial charge in [0.1, 0.15) is 29.9 Å². The molecule has 2 aromatic rings. The number of hydrogen-bond acceptors (Lipinski definition) is 10. The van der Waals surface area contributed by atoms with Gasteiger partial charge >= 0.3 is 0 Å². The molecule has 0 aromatic carbocycles. The Bertz CT molecular complexity index is 994. The number of nitrogens with two attached hydrogens (primary N) is 1. The first-order valence-electron chi connectivity index (χ1n) is 9.88. The molecule has 12 heteroatoms. The summed E-state index contributed by atoms with van der Waals surface area (Å²) in [5.41, 5.74) is 6.63. The Morgan fingerprint density at radius 1 is 1.43 bits per heavy atom. The van der Waals surface area contributed by atoms with E-state index in [2.05, 4.69) is 15.0 Å². The molecule has 166 valence electrons. The normalized spacial score (nSPS) is 23.1. The summed E-state index contributed by atoms with van der Waals surface area (Å²) >= 11 is 0. The van der Waals surface area contributed by atoms with E-state index in [4.69, 9.17) is 14.7 Å². The summed E-state index contributed by atoms with van der Waals surface area (Å²) in [4.78, 5) is 24.3. The second-order valence-corrected chi connectivity index (χ2v) is 9.15. The van der Waals surface area contributed by atoms with Crippen LogP contribution in [-0.2, 0) is 23.8 Å². The van der Waals surface area contributed by atoms with Crippen LogP contribution in [-0.4, -0.2) is 63.4 Å². The minimum Gasteiger partial charge on any atom is -0.390 e. The lowest BCUT2D eigenvalue weighted by molar-refractivity contribution is -0.120. The number of aliphatic hydroxyl groups is 1. The van der Waals surface area contributed by atoms with Crippen molar-refractivity contribution >= 4 is 32.9 Å². The lowest BCUT2D eigenvalue weighted by atomic mass is 10.0. The summed E-state index contributed by atoms with van der Waals surface area (Å²) in [6.07, 6.45) is 2.94. The average Bonchev–Trinajstić information content (AvgIpc) is 3.28.